The number of benzene rings is 2. The topological polar surface area (TPSA) is 3.24 Å². The average Bonchev–Trinajstić information content (AvgIpc) is 2.50. The van der Waals surface area contributed by atoms with Crippen molar-refractivity contribution in [1.29, 1.82) is 0 Å². The molecule has 2 rings (SSSR count). The maximum atomic E-state index is 4.28. The lowest BCUT2D eigenvalue weighted by Gasteiger charge is -2.29. The van der Waals surface area contributed by atoms with E-state index >= 15 is 0 Å². The highest BCUT2D eigenvalue weighted by Crippen LogP contribution is 2.29. The van der Waals surface area contributed by atoms with Gasteiger partial charge >= 0.3 is 0 Å². The Morgan fingerprint density at radius 3 is 2.09 bits per heavy atom. The first-order chi connectivity index (χ1) is 10.4. The maximum Gasteiger partial charge on any atom is 0.0478 e. The summed E-state index contributed by atoms with van der Waals surface area (Å²) in [6, 6.07) is 13.3. The number of anilines is 1. The summed E-state index contributed by atoms with van der Waals surface area (Å²) in [5.41, 5.74) is 9.04. The molecule has 0 spiro atoms. The average molecular weight is 293 g/mol. The summed E-state index contributed by atoms with van der Waals surface area (Å²) in [4.78, 5) is 2.35. The van der Waals surface area contributed by atoms with Crippen LogP contribution < -0.4 is 4.90 Å². The van der Waals surface area contributed by atoms with Crippen LogP contribution in [0.3, 0.4) is 0 Å². The summed E-state index contributed by atoms with van der Waals surface area (Å²) >= 11 is 0. The van der Waals surface area contributed by atoms with Gasteiger partial charge in [-0.2, -0.15) is 0 Å². The van der Waals surface area contributed by atoms with E-state index < -0.39 is 0 Å². The monoisotopic (exact) mass is 293 g/mol. The second-order valence-corrected chi connectivity index (χ2v) is 6.21. The van der Waals surface area contributed by atoms with Gasteiger partial charge in [-0.15, -0.1) is 0 Å². The van der Waals surface area contributed by atoms with Crippen LogP contribution >= 0.6 is 0 Å². The Balaban J connectivity index is 2.40. The fourth-order valence-corrected chi connectivity index (χ4v) is 2.67. The summed E-state index contributed by atoms with van der Waals surface area (Å²) in [5, 5.41) is 0. The number of hydrogen-bond acceptors (Lipinski definition) is 1. The van der Waals surface area contributed by atoms with Gasteiger partial charge in [0.2, 0.25) is 0 Å². The Hall–Kier alpha value is -2.02. The van der Waals surface area contributed by atoms with Gasteiger partial charge in [0.15, 0.2) is 0 Å². The third-order valence-corrected chi connectivity index (χ3v) is 4.35. The molecule has 2 aromatic rings. The molecule has 0 saturated carbocycles. The molecular weight excluding hydrogens is 266 g/mol. The minimum absolute atomic E-state index is 0.871. The van der Waals surface area contributed by atoms with E-state index in [1.54, 1.807) is 0 Å². The van der Waals surface area contributed by atoms with Crippen molar-refractivity contribution in [2.24, 2.45) is 0 Å². The molecule has 1 heteroatoms. The van der Waals surface area contributed by atoms with Gasteiger partial charge in [0.1, 0.15) is 0 Å². The number of rotatable bonds is 5. The van der Waals surface area contributed by atoms with E-state index in [4.69, 9.17) is 0 Å². The molecule has 0 amide bonds. The molecule has 0 aliphatic rings. The van der Waals surface area contributed by atoms with Gasteiger partial charge in [-0.1, -0.05) is 49.4 Å². The van der Waals surface area contributed by atoms with Crippen LogP contribution in [0.4, 0.5) is 5.69 Å². The molecule has 0 saturated heterocycles. The lowest BCUT2D eigenvalue weighted by molar-refractivity contribution is 0.863. The van der Waals surface area contributed by atoms with E-state index in [9.17, 15) is 0 Å². The number of hydrogen-bond donors (Lipinski definition) is 0. The van der Waals surface area contributed by atoms with Crippen molar-refractivity contribution >= 4 is 5.69 Å². The number of allylic oxidation sites excluding steroid dienone is 1. The fourth-order valence-electron chi connectivity index (χ4n) is 2.67. The minimum atomic E-state index is 0.871. The lowest BCUT2D eigenvalue weighted by Crippen LogP contribution is -2.22. The zero-order chi connectivity index (χ0) is 16.3. The van der Waals surface area contributed by atoms with Gasteiger partial charge in [0, 0.05) is 17.9 Å². The van der Waals surface area contributed by atoms with Crippen LogP contribution in [0.2, 0.25) is 0 Å². The van der Waals surface area contributed by atoms with Crippen molar-refractivity contribution in [3.05, 3.63) is 76.5 Å². The predicted molar refractivity (Wildman–Crippen MR) is 97.4 cm³/mol. The highest BCUT2D eigenvalue weighted by Gasteiger charge is 2.13. The molecule has 1 nitrogen and oxygen atoms in total. The molecule has 0 aliphatic carbocycles. The molecule has 0 N–H and O–H groups in total. The smallest absolute Gasteiger partial charge is 0.0478 e. The van der Waals surface area contributed by atoms with Gasteiger partial charge in [-0.25, -0.2) is 0 Å². The SMILES string of the molecule is C=C(CC)N(Cc1ccc(C)cc1)c1cc(C)c(C)cc1C. The standard InChI is InChI=1S/C21H27N/c1-7-19(6)22(14-20-10-8-15(2)9-11-20)21-13-17(4)16(3)12-18(21)5/h8-13H,6-7,14H2,1-5H3. The van der Waals surface area contributed by atoms with Crippen molar-refractivity contribution in [1.82, 2.24) is 0 Å². The minimum Gasteiger partial charge on any atom is -0.341 e. The van der Waals surface area contributed by atoms with Crippen molar-refractivity contribution < 1.29 is 0 Å². The first-order valence-corrected chi connectivity index (χ1v) is 8.01. The molecule has 22 heavy (non-hydrogen) atoms. The molecule has 0 aliphatic heterocycles. The van der Waals surface area contributed by atoms with Crippen molar-refractivity contribution in [2.75, 3.05) is 4.90 Å². The summed E-state index contributed by atoms with van der Waals surface area (Å²) in [6.07, 6.45) is 0.957. The summed E-state index contributed by atoms with van der Waals surface area (Å²) in [7, 11) is 0. The Morgan fingerprint density at radius 2 is 1.50 bits per heavy atom. The molecule has 0 unspecified atom stereocenters. The quantitative estimate of drug-likeness (QED) is 0.668. The number of aryl methyl sites for hydroxylation is 4. The van der Waals surface area contributed by atoms with Gasteiger partial charge in [0.05, 0.1) is 0 Å². The van der Waals surface area contributed by atoms with Crippen LogP contribution in [-0.2, 0) is 6.54 Å². The molecule has 116 valence electrons. The Bertz CT molecular complexity index is 665. The van der Waals surface area contributed by atoms with E-state index in [-0.39, 0.29) is 0 Å². The third kappa shape index (κ3) is 3.59. The normalized spacial score (nSPS) is 10.6. The molecule has 0 bridgehead atoms. The van der Waals surface area contributed by atoms with E-state index in [0.29, 0.717) is 0 Å². The molecule has 0 fully saturated rings. The molecule has 2 aromatic carbocycles. The molecule has 0 aromatic heterocycles. The Morgan fingerprint density at radius 1 is 0.909 bits per heavy atom. The highest BCUT2D eigenvalue weighted by molar-refractivity contribution is 5.60. The molecule has 0 radical (unpaired) electrons. The van der Waals surface area contributed by atoms with Crippen molar-refractivity contribution in [2.45, 2.75) is 47.6 Å². The van der Waals surface area contributed by atoms with Gasteiger partial charge in [-0.3, -0.25) is 0 Å². The van der Waals surface area contributed by atoms with Crippen LogP contribution in [0, 0.1) is 27.7 Å². The van der Waals surface area contributed by atoms with Crippen LogP contribution in [0.5, 0.6) is 0 Å². The van der Waals surface area contributed by atoms with Crippen molar-refractivity contribution in [3.63, 3.8) is 0 Å². The van der Waals surface area contributed by atoms with E-state index in [0.717, 1.165) is 18.7 Å². The molecule has 0 atom stereocenters. The van der Waals surface area contributed by atoms with Crippen LogP contribution in [-0.4, -0.2) is 0 Å². The Kier molecular flexibility index (Phi) is 5.07. The first kappa shape index (κ1) is 16.4. The summed E-state index contributed by atoms with van der Waals surface area (Å²) in [6.45, 7) is 16.0. The van der Waals surface area contributed by atoms with Gasteiger partial charge in [0.25, 0.3) is 0 Å². The summed E-state index contributed by atoms with van der Waals surface area (Å²) < 4.78 is 0. The zero-order valence-corrected chi connectivity index (χ0v) is 14.5. The number of nitrogens with zero attached hydrogens (tertiary/aromatic N) is 1. The van der Waals surface area contributed by atoms with Crippen LogP contribution in [0.1, 0.15) is 41.2 Å². The van der Waals surface area contributed by atoms with Crippen LogP contribution in [0.25, 0.3) is 0 Å². The molecular formula is C21H27N. The zero-order valence-electron chi connectivity index (χ0n) is 14.5. The third-order valence-electron chi connectivity index (χ3n) is 4.35. The maximum absolute atomic E-state index is 4.28. The molecule has 0 heterocycles. The summed E-state index contributed by atoms with van der Waals surface area (Å²) in [5.74, 6) is 0. The van der Waals surface area contributed by atoms with E-state index in [1.165, 1.54) is 33.5 Å². The predicted octanol–water partition coefficient (Wildman–Crippen LogP) is 5.85. The lowest BCUT2D eigenvalue weighted by atomic mass is 10.0. The van der Waals surface area contributed by atoms with E-state index in [2.05, 4.69) is 82.5 Å². The highest BCUT2D eigenvalue weighted by atomic mass is 15.1. The van der Waals surface area contributed by atoms with Gasteiger partial charge < -0.3 is 4.90 Å². The van der Waals surface area contributed by atoms with Crippen LogP contribution in [0.15, 0.2) is 48.7 Å². The van der Waals surface area contributed by atoms with Crippen molar-refractivity contribution in [3.8, 4) is 0 Å². The fraction of sp³-hybridized carbons (Fsp3) is 0.333. The van der Waals surface area contributed by atoms with E-state index in [1.807, 2.05) is 0 Å². The largest absolute Gasteiger partial charge is 0.341 e. The first-order valence-electron chi connectivity index (χ1n) is 8.01. The van der Waals surface area contributed by atoms with Gasteiger partial charge in [-0.05, 0) is 62.4 Å². The second-order valence-electron chi connectivity index (χ2n) is 6.21. The Labute approximate surface area is 135 Å². The second kappa shape index (κ2) is 6.83.